The maximum Gasteiger partial charge on any atom is 0.268 e. The summed E-state index contributed by atoms with van der Waals surface area (Å²) in [4.78, 5) is 12.5. The van der Waals surface area contributed by atoms with Gasteiger partial charge in [0.05, 0.1) is 0 Å². The lowest BCUT2D eigenvalue weighted by Gasteiger charge is -2.12. The fourth-order valence-electron chi connectivity index (χ4n) is 2.67. The Kier molecular flexibility index (Phi) is 7.73. The van der Waals surface area contributed by atoms with Crippen molar-refractivity contribution in [1.29, 1.82) is 5.26 Å². The minimum atomic E-state index is -0.543. The number of para-hydroxylation sites is 2. The maximum atomic E-state index is 12.5. The molecule has 1 N–H and O–H groups in total. The second-order valence-corrected chi connectivity index (χ2v) is 7.54. The van der Waals surface area contributed by atoms with Crippen molar-refractivity contribution in [2.24, 2.45) is 0 Å². The molecule has 1 amide bonds. The van der Waals surface area contributed by atoms with Crippen molar-refractivity contribution in [3.05, 3.63) is 70.2 Å². The summed E-state index contributed by atoms with van der Waals surface area (Å²) in [6.07, 6.45) is 2.22. The van der Waals surface area contributed by atoms with Crippen molar-refractivity contribution in [3.63, 3.8) is 0 Å². The zero-order valence-electron chi connectivity index (χ0n) is 17.3. The number of nitrogens with zero attached hydrogens (tertiary/aromatic N) is 3. The molecule has 0 saturated heterocycles. The summed E-state index contributed by atoms with van der Waals surface area (Å²) < 4.78 is 11.6. The van der Waals surface area contributed by atoms with Gasteiger partial charge >= 0.3 is 0 Å². The van der Waals surface area contributed by atoms with Crippen LogP contribution < -0.4 is 14.8 Å². The van der Waals surface area contributed by atoms with Gasteiger partial charge < -0.3 is 9.47 Å². The van der Waals surface area contributed by atoms with E-state index in [1.807, 2.05) is 56.3 Å². The molecule has 7 nitrogen and oxygen atoms in total. The van der Waals surface area contributed by atoms with Crippen molar-refractivity contribution >= 4 is 28.5 Å². The first-order valence-electron chi connectivity index (χ1n) is 9.76. The molecule has 0 spiro atoms. The van der Waals surface area contributed by atoms with Crippen LogP contribution in [-0.4, -0.2) is 29.3 Å². The average molecular weight is 435 g/mol. The third-order valence-electron chi connectivity index (χ3n) is 4.27. The third kappa shape index (κ3) is 6.14. The van der Waals surface area contributed by atoms with Gasteiger partial charge in [-0.15, -0.1) is 10.2 Å². The summed E-state index contributed by atoms with van der Waals surface area (Å²) in [5.74, 6) is 0.824. The zero-order valence-corrected chi connectivity index (χ0v) is 18.1. The Balaban J connectivity index is 1.64. The van der Waals surface area contributed by atoms with Gasteiger partial charge in [-0.1, -0.05) is 54.7 Å². The van der Waals surface area contributed by atoms with E-state index >= 15 is 0 Å². The zero-order chi connectivity index (χ0) is 22.1. The number of amides is 1. The first-order chi connectivity index (χ1) is 15.1. The van der Waals surface area contributed by atoms with Crippen LogP contribution in [0.2, 0.25) is 0 Å². The van der Waals surface area contributed by atoms with Gasteiger partial charge in [0.15, 0.2) is 0 Å². The number of hydrogen-bond donors (Lipinski definition) is 1. The lowest BCUT2D eigenvalue weighted by atomic mass is 10.1. The van der Waals surface area contributed by atoms with E-state index in [0.717, 1.165) is 22.7 Å². The Hall–Kier alpha value is -3.70. The number of aryl methyl sites for hydroxylation is 2. The van der Waals surface area contributed by atoms with E-state index in [4.69, 9.17) is 9.47 Å². The number of rotatable bonds is 9. The van der Waals surface area contributed by atoms with Crippen LogP contribution in [0.5, 0.6) is 11.5 Å². The molecular formula is C23H22N4O3S. The van der Waals surface area contributed by atoms with Crippen LogP contribution in [-0.2, 0) is 11.2 Å². The summed E-state index contributed by atoms with van der Waals surface area (Å²) in [6, 6.07) is 16.9. The maximum absolute atomic E-state index is 12.5. The number of hydrogen-bond acceptors (Lipinski definition) is 7. The van der Waals surface area contributed by atoms with E-state index in [9.17, 15) is 10.1 Å². The minimum Gasteiger partial charge on any atom is -0.490 e. The van der Waals surface area contributed by atoms with Gasteiger partial charge in [-0.2, -0.15) is 5.26 Å². The van der Waals surface area contributed by atoms with Gasteiger partial charge in [-0.3, -0.25) is 10.1 Å². The van der Waals surface area contributed by atoms with Crippen molar-refractivity contribution in [1.82, 2.24) is 10.2 Å². The number of nitriles is 1. The highest BCUT2D eigenvalue weighted by atomic mass is 32.1. The van der Waals surface area contributed by atoms with Crippen LogP contribution in [0, 0.1) is 18.3 Å². The highest BCUT2D eigenvalue weighted by molar-refractivity contribution is 7.15. The van der Waals surface area contributed by atoms with E-state index in [0.29, 0.717) is 29.7 Å². The second-order valence-electron chi connectivity index (χ2n) is 6.48. The van der Waals surface area contributed by atoms with Gasteiger partial charge in [-0.05, 0) is 37.1 Å². The number of carbonyl (C=O) groups is 1. The van der Waals surface area contributed by atoms with Crippen LogP contribution in [0.4, 0.5) is 5.13 Å². The molecule has 0 saturated carbocycles. The van der Waals surface area contributed by atoms with E-state index in [-0.39, 0.29) is 5.57 Å². The minimum absolute atomic E-state index is 0.0551. The molecule has 0 bridgehead atoms. The summed E-state index contributed by atoms with van der Waals surface area (Å²) in [5, 5.41) is 21.1. The SMILES string of the molecule is CCc1nnc(NC(=O)/C(C#N)=C\c2ccccc2OCCOc2ccccc2C)s1. The molecule has 0 unspecified atom stereocenters. The number of aromatic nitrogens is 2. The molecule has 0 atom stereocenters. The molecule has 31 heavy (non-hydrogen) atoms. The van der Waals surface area contributed by atoms with Gasteiger partial charge in [0.1, 0.15) is 41.4 Å². The molecule has 0 fully saturated rings. The van der Waals surface area contributed by atoms with Gasteiger partial charge in [0.2, 0.25) is 5.13 Å². The first kappa shape index (κ1) is 22.0. The molecule has 1 aromatic heterocycles. The lowest BCUT2D eigenvalue weighted by molar-refractivity contribution is -0.112. The largest absolute Gasteiger partial charge is 0.490 e. The smallest absolute Gasteiger partial charge is 0.268 e. The molecule has 3 aromatic rings. The van der Waals surface area contributed by atoms with E-state index in [1.165, 1.54) is 17.4 Å². The fraction of sp³-hybridized carbons (Fsp3) is 0.217. The lowest BCUT2D eigenvalue weighted by Crippen LogP contribution is -2.13. The summed E-state index contributed by atoms with van der Waals surface area (Å²) in [7, 11) is 0. The Morgan fingerprint density at radius 1 is 1.10 bits per heavy atom. The molecule has 0 aliphatic carbocycles. The monoisotopic (exact) mass is 434 g/mol. The molecule has 0 aliphatic heterocycles. The average Bonchev–Trinajstić information content (AvgIpc) is 3.24. The van der Waals surface area contributed by atoms with Crippen LogP contribution in [0.3, 0.4) is 0 Å². The normalized spacial score (nSPS) is 10.9. The van der Waals surface area contributed by atoms with Gasteiger partial charge in [0, 0.05) is 5.56 Å². The van der Waals surface area contributed by atoms with Gasteiger partial charge in [-0.25, -0.2) is 0 Å². The molecule has 3 rings (SSSR count). The quantitative estimate of drug-likeness (QED) is 0.304. The van der Waals surface area contributed by atoms with Crippen LogP contribution >= 0.6 is 11.3 Å². The summed E-state index contributed by atoms with van der Waals surface area (Å²) in [6.45, 7) is 4.62. The first-order valence-corrected chi connectivity index (χ1v) is 10.6. The molecular weight excluding hydrogens is 412 g/mol. The molecule has 1 heterocycles. The van der Waals surface area contributed by atoms with E-state index in [1.54, 1.807) is 12.1 Å². The standard InChI is InChI=1S/C23H22N4O3S/c1-3-21-26-27-23(31-21)25-22(28)18(15-24)14-17-9-5-7-11-20(17)30-13-12-29-19-10-6-4-8-16(19)2/h4-11,14H,3,12-13H2,1-2H3,(H,25,27,28)/b18-14-. The summed E-state index contributed by atoms with van der Waals surface area (Å²) >= 11 is 1.28. The fourth-order valence-corrected chi connectivity index (χ4v) is 3.34. The summed E-state index contributed by atoms with van der Waals surface area (Å²) in [5.41, 5.74) is 1.62. The predicted octanol–water partition coefficient (Wildman–Crippen LogP) is 4.41. The second kappa shape index (κ2) is 10.9. The van der Waals surface area contributed by atoms with E-state index < -0.39 is 5.91 Å². The highest BCUT2D eigenvalue weighted by Crippen LogP contribution is 2.22. The van der Waals surface area contributed by atoms with E-state index in [2.05, 4.69) is 15.5 Å². The van der Waals surface area contributed by atoms with Gasteiger partial charge in [0.25, 0.3) is 5.91 Å². The molecule has 8 heteroatoms. The molecule has 0 radical (unpaired) electrons. The van der Waals surface area contributed by atoms with Crippen molar-refractivity contribution in [3.8, 4) is 17.6 Å². The topological polar surface area (TPSA) is 97.1 Å². The van der Waals surface area contributed by atoms with Crippen molar-refractivity contribution in [2.75, 3.05) is 18.5 Å². The number of ether oxygens (including phenoxy) is 2. The van der Waals surface area contributed by atoms with Crippen LogP contribution in [0.1, 0.15) is 23.1 Å². The third-order valence-corrected chi connectivity index (χ3v) is 5.25. The van der Waals surface area contributed by atoms with Crippen LogP contribution in [0.15, 0.2) is 54.1 Å². The Morgan fingerprint density at radius 2 is 1.77 bits per heavy atom. The Morgan fingerprint density at radius 3 is 2.45 bits per heavy atom. The predicted molar refractivity (Wildman–Crippen MR) is 120 cm³/mol. The molecule has 0 aliphatic rings. The number of nitrogens with one attached hydrogen (secondary N) is 1. The Labute approximate surface area is 185 Å². The highest BCUT2D eigenvalue weighted by Gasteiger charge is 2.13. The van der Waals surface area contributed by atoms with Crippen molar-refractivity contribution < 1.29 is 14.3 Å². The number of benzene rings is 2. The Bertz CT molecular complexity index is 1120. The molecule has 2 aromatic carbocycles. The number of anilines is 1. The van der Waals surface area contributed by atoms with Crippen LogP contribution in [0.25, 0.3) is 6.08 Å². The number of carbonyl (C=O) groups excluding carboxylic acids is 1. The van der Waals surface area contributed by atoms with Crippen molar-refractivity contribution in [2.45, 2.75) is 20.3 Å². The molecule has 158 valence electrons.